The van der Waals surface area contributed by atoms with Crippen LogP contribution in [0.5, 0.6) is 11.5 Å². The molecule has 0 aliphatic carbocycles. The number of fused-ring (bicyclic) bond motifs is 1. The lowest BCUT2D eigenvalue weighted by atomic mass is 10.1. The first kappa shape index (κ1) is 20.6. The van der Waals surface area contributed by atoms with Gasteiger partial charge in [-0.15, -0.1) is 0 Å². The Morgan fingerprint density at radius 3 is 2.73 bits per heavy atom. The molecule has 1 aromatic heterocycles. The van der Waals surface area contributed by atoms with Gasteiger partial charge in [0.1, 0.15) is 21.7 Å². The van der Waals surface area contributed by atoms with Crippen molar-refractivity contribution in [2.45, 2.75) is 32.3 Å². The van der Waals surface area contributed by atoms with E-state index in [1.165, 1.54) is 11.3 Å². The van der Waals surface area contributed by atoms with E-state index in [0.29, 0.717) is 29.4 Å². The average Bonchev–Trinajstić information content (AvgIpc) is 3.41. The molecular formula is C23H26N2O4S. The Kier molecular flexibility index (Phi) is 6.20. The van der Waals surface area contributed by atoms with Gasteiger partial charge >= 0.3 is 0 Å². The third-order valence-electron chi connectivity index (χ3n) is 5.28. The predicted molar refractivity (Wildman–Crippen MR) is 119 cm³/mol. The molecule has 2 aromatic carbocycles. The maximum absolute atomic E-state index is 13.4. The summed E-state index contributed by atoms with van der Waals surface area (Å²) in [5.41, 5.74) is 2.84. The van der Waals surface area contributed by atoms with Gasteiger partial charge in [-0.1, -0.05) is 41.2 Å². The highest BCUT2D eigenvalue weighted by Gasteiger charge is 2.27. The van der Waals surface area contributed by atoms with E-state index in [4.69, 9.17) is 19.2 Å². The van der Waals surface area contributed by atoms with Gasteiger partial charge in [-0.2, -0.15) is 0 Å². The number of methoxy groups -OCH3 is 2. The molecule has 0 radical (unpaired) electrons. The molecule has 30 heavy (non-hydrogen) atoms. The molecule has 158 valence electrons. The zero-order valence-electron chi connectivity index (χ0n) is 17.5. The van der Waals surface area contributed by atoms with Crippen LogP contribution in [0.25, 0.3) is 10.2 Å². The van der Waals surface area contributed by atoms with Crippen LogP contribution in [0.15, 0.2) is 36.4 Å². The summed E-state index contributed by atoms with van der Waals surface area (Å²) in [6.45, 7) is 3.27. The summed E-state index contributed by atoms with van der Waals surface area (Å²) in [7, 11) is 3.25. The molecule has 1 amide bonds. The Morgan fingerprint density at radius 1 is 1.23 bits per heavy atom. The fraction of sp³-hybridized carbons (Fsp3) is 0.391. The molecule has 0 bridgehead atoms. The summed E-state index contributed by atoms with van der Waals surface area (Å²) >= 11 is 1.44. The van der Waals surface area contributed by atoms with E-state index in [0.717, 1.165) is 41.0 Å². The van der Waals surface area contributed by atoms with Crippen LogP contribution in [-0.2, 0) is 16.0 Å². The van der Waals surface area contributed by atoms with Gasteiger partial charge in [-0.05, 0) is 37.5 Å². The maximum atomic E-state index is 13.4. The molecule has 6 nitrogen and oxygen atoms in total. The molecule has 3 aromatic rings. The summed E-state index contributed by atoms with van der Waals surface area (Å²) < 4.78 is 17.7. The van der Waals surface area contributed by atoms with Gasteiger partial charge in [0.2, 0.25) is 5.91 Å². The Balaban J connectivity index is 1.70. The predicted octanol–water partition coefficient (Wildman–Crippen LogP) is 4.38. The Labute approximate surface area is 180 Å². The van der Waals surface area contributed by atoms with Crippen molar-refractivity contribution in [3.05, 3.63) is 47.5 Å². The lowest BCUT2D eigenvalue weighted by molar-refractivity contribution is -0.118. The molecular weight excluding hydrogens is 400 g/mol. The minimum absolute atomic E-state index is 0.00749. The normalized spacial score (nSPS) is 16.0. The molecule has 1 fully saturated rings. The minimum Gasteiger partial charge on any atom is -0.495 e. The molecule has 0 saturated carbocycles. The van der Waals surface area contributed by atoms with E-state index >= 15 is 0 Å². The largest absolute Gasteiger partial charge is 0.495 e. The van der Waals surface area contributed by atoms with Crippen LogP contribution >= 0.6 is 11.3 Å². The molecule has 1 aliphatic heterocycles. The summed E-state index contributed by atoms with van der Waals surface area (Å²) in [6, 6.07) is 11.7. The van der Waals surface area contributed by atoms with E-state index in [1.54, 1.807) is 19.1 Å². The monoisotopic (exact) mass is 426 g/mol. The first-order chi connectivity index (χ1) is 14.6. The number of nitrogens with zero attached hydrogens (tertiary/aromatic N) is 2. The van der Waals surface area contributed by atoms with Crippen molar-refractivity contribution >= 4 is 32.6 Å². The topological polar surface area (TPSA) is 60.9 Å². The lowest BCUT2D eigenvalue weighted by Crippen LogP contribution is -2.38. The molecule has 1 aliphatic rings. The first-order valence-corrected chi connectivity index (χ1v) is 10.9. The second-order valence-corrected chi connectivity index (χ2v) is 8.43. The lowest BCUT2D eigenvalue weighted by Gasteiger charge is -2.23. The van der Waals surface area contributed by atoms with Gasteiger partial charge in [0.15, 0.2) is 5.13 Å². The first-order valence-electron chi connectivity index (χ1n) is 10.1. The van der Waals surface area contributed by atoms with Crippen LogP contribution in [0.2, 0.25) is 0 Å². The van der Waals surface area contributed by atoms with Gasteiger partial charge in [-0.25, -0.2) is 4.98 Å². The Hall–Kier alpha value is -2.64. The van der Waals surface area contributed by atoms with Gasteiger partial charge in [0.25, 0.3) is 0 Å². The maximum Gasteiger partial charge on any atom is 0.233 e. The molecule has 1 atom stereocenters. The molecule has 0 N–H and O–H groups in total. The van der Waals surface area contributed by atoms with Gasteiger partial charge in [-0.3, -0.25) is 9.69 Å². The van der Waals surface area contributed by atoms with Crippen molar-refractivity contribution in [3.8, 4) is 11.5 Å². The third-order valence-corrected chi connectivity index (χ3v) is 6.37. The standard InChI is InChI=1S/C23H26N2O4S/c1-15-6-4-7-16(12-15)13-20(26)25(14-17-8-5-11-29-17)23-24-21-18(27-2)9-10-19(28-3)22(21)30-23/h4,6-7,9-10,12,17H,5,8,11,13-14H2,1-3H3. The number of rotatable bonds is 7. The van der Waals surface area contributed by atoms with Crippen LogP contribution in [-0.4, -0.2) is 44.4 Å². The van der Waals surface area contributed by atoms with Crippen LogP contribution in [0.1, 0.15) is 24.0 Å². The van der Waals surface area contributed by atoms with Gasteiger partial charge < -0.3 is 14.2 Å². The van der Waals surface area contributed by atoms with Crippen molar-refractivity contribution < 1.29 is 19.0 Å². The fourth-order valence-corrected chi connectivity index (χ4v) is 4.86. The third kappa shape index (κ3) is 4.27. The Bertz CT molecular complexity index is 1000. The van der Waals surface area contributed by atoms with Crippen molar-refractivity contribution in [2.24, 2.45) is 0 Å². The van der Waals surface area contributed by atoms with E-state index in [2.05, 4.69) is 0 Å². The fourth-order valence-electron chi connectivity index (χ4n) is 3.76. The quantitative estimate of drug-likeness (QED) is 0.561. The number of carbonyl (C=O) groups is 1. The molecule has 2 heterocycles. The smallest absolute Gasteiger partial charge is 0.233 e. The zero-order valence-corrected chi connectivity index (χ0v) is 18.3. The van der Waals surface area contributed by atoms with Crippen LogP contribution in [0, 0.1) is 6.92 Å². The van der Waals surface area contributed by atoms with E-state index in [1.807, 2.05) is 43.3 Å². The number of aromatic nitrogens is 1. The molecule has 1 saturated heterocycles. The molecule has 0 spiro atoms. The highest BCUT2D eigenvalue weighted by molar-refractivity contribution is 7.22. The highest BCUT2D eigenvalue weighted by Crippen LogP contribution is 2.40. The molecule has 7 heteroatoms. The van der Waals surface area contributed by atoms with Crippen molar-refractivity contribution in [1.82, 2.24) is 4.98 Å². The second kappa shape index (κ2) is 9.02. The van der Waals surface area contributed by atoms with Crippen LogP contribution < -0.4 is 14.4 Å². The number of ether oxygens (including phenoxy) is 3. The van der Waals surface area contributed by atoms with Crippen LogP contribution in [0.3, 0.4) is 0 Å². The van der Waals surface area contributed by atoms with Crippen LogP contribution in [0.4, 0.5) is 5.13 Å². The van der Waals surface area contributed by atoms with Crippen molar-refractivity contribution in [3.63, 3.8) is 0 Å². The van der Waals surface area contributed by atoms with Crippen molar-refractivity contribution in [2.75, 3.05) is 32.3 Å². The zero-order chi connectivity index (χ0) is 21.1. The van der Waals surface area contributed by atoms with E-state index in [9.17, 15) is 4.79 Å². The summed E-state index contributed by atoms with van der Waals surface area (Å²) in [6.07, 6.45) is 2.32. The number of aryl methyl sites for hydroxylation is 1. The van der Waals surface area contributed by atoms with E-state index in [-0.39, 0.29) is 12.0 Å². The van der Waals surface area contributed by atoms with Gasteiger partial charge in [0.05, 0.1) is 33.3 Å². The minimum atomic E-state index is 0.00749. The number of hydrogen-bond donors (Lipinski definition) is 0. The number of anilines is 1. The average molecular weight is 427 g/mol. The SMILES string of the molecule is COc1ccc(OC)c2sc(N(CC3CCCO3)C(=O)Cc3cccc(C)c3)nc12. The highest BCUT2D eigenvalue weighted by atomic mass is 32.1. The number of thiazole rings is 1. The number of amides is 1. The summed E-state index contributed by atoms with van der Waals surface area (Å²) in [5, 5.41) is 0.640. The number of hydrogen-bond acceptors (Lipinski definition) is 6. The van der Waals surface area contributed by atoms with Crippen molar-refractivity contribution in [1.29, 1.82) is 0 Å². The molecule has 4 rings (SSSR count). The number of benzene rings is 2. The van der Waals surface area contributed by atoms with E-state index < -0.39 is 0 Å². The molecule has 1 unspecified atom stereocenters. The van der Waals surface area contributed by atoms with Gasteiger partial charge in [0, 0.05) is 6.61 Å². The Morgan fingerprint density at radius 2 is 2.03 bits per heavy atom. The second-order valence-electron chi connectivity index (χ2n) is 7.45. The summed E-state index contributed by atoms with van der Waals surface area (Å²) in [5.74, 6) is 1.39. The summed E-state index contributed by atoms with van der Waals surface area (Å²) in [4.78, 5) is 19.9. The number of carbonyl (C=O) groups excluding carboxylic acids is 1.